The molecule has 6 heteroatoms. The first-order valence-electron chi connectivity index (χ1n) is 6.96. The first kappa shape index (κ1) is 16.7. The topological polar surface area (TPSA) is 84.9 Å². The molecule has 2 unspecified atom stereocenters. The smallest absolute Gasteiger partial charge is 0.326 e. The van der Waals surface area contributed by atoms with Crippen LogP contribution in [0.3, 0.4) is 0 Å². The summed E-state index contributed by atoms with van der Waals surface area (Å²) in [6.45, 7) is 5.08. The van der Waals surface area contributed by atoms with Crippen LogP contribution in [0.2, 0.25) is 0 Å². The van der Waals surface area contributed by atoms with Crippen LogP contribution in [-0.4, -0.2) is 48.9 Å². The Morgan fingerprint density at radius 1 is 1.55 bits per heavy atom. The summed E-state index contributed by atoms with van der Waals surface area (Å²) in [6, 6.07) is -0.862. The van der Waals surface area contributed by atoms with Gasteiger partial charge in [-0.25, -0.2) is 4.79 Å². The lowest BCUT2D eigenvalue weighted by atomic mass is 10.1. The maximum absolute atomic E-state index is 11.6. The zero-order chi connectivity index (χ0) is 14.8. The van der Waals surface area contributed by atoms with Crippen LogP contribution in [0.15, 0.2) is 12.7 Å². The molecule has 6 nitrogen and oxygen atoms in total. The van der Waals surface area contributed by atoms with Crippen molar-refractivity contribution < 1.29 is 24.2 Å². The first-order chi connectivity index (χ1) is 9.63. The molecule has 1 aliphatic rings. The van der Waals surface area contributed by atoms with Crippen molar-refractivity contribution in [1.29, 1.82) is 0 Å². The average molecular weight is 285 g/mol. The number of amides is 1. The maximum atomic E-state index is 11.6. The molecule has 114 valence electrons. The Labute approximate surface area is 119 Å². The molecule has 20 heavy (non-hydrogen) atoms. The van der Waals surface area contributed by atoms with Crippen molar-refractivity contribution in [3.8, 4) is 0 Å². The fraction of sp³-hybridized carbons (Fsp3) is 0.714. The Morgan fingerprint density at radius 2 is 2.35 bits per heavy atom. The third-order valence-corrected chi connectivity index (χ3v) is 3.09. The zero-order valence-corrected chi connectivity index (χ0v) is 11.7. The van der Waals surface area contributed by atoms with Crippen molar-refractivity contribution >= 4 is 11.9 Å². The molecule has 1 rings (SSSR count). The van der Waals surface area contributed by atoms with Gasteiger partial charge in [-0.15, -0.1) is 6.58 Å². The van der Waals surface area contributed by atoms with Gasteiger partial charge in [0.2, 0.25) is 5.91 Å². The molecule has 0 aliphatic carbocycles. The van der Waals surface area contributed by atoms with Crippen molar-refractivity contribution in [2.24, 2.45) is 0 Å². The highest BCUT2D eigenvalue weighted by Gasteiger charge is 2.19. The van der Waals surface area contributed by atoms with Crippen molar-refractivity contribution in [3.63, 3.8) is 0 Å². The van der Waals surface area contributed by atoms with E-state index in [0.29, 0.717) is 19.4 Å². The highest BCUT2D eigenvalue weighted by Crippen LogP contribution is 2.11. The van der Waals surface area contributed by atoms with Crippen molar-refractivity contribution in [1.82, 2.24) is 5.32 Å². The highest BCUT2D eigenvalue weighted by molar-refractivity contribution is 5.83. The predicted octanol–water partition coefficient (Wildman–Crippen LogP) is 1.11. The number of ether oxygens (including phenoxy) is 2. The fourth-order valence-electron chi connectivity index (χ4n) is 1.96. The van der Waals surface area contributed by atoms with Crippen molar-refractivity contribution in [2.45, 2.75) is 44.2 Å². The summed E-state index contributed by atoms with van der Waals surface area (Å²) >= 11 is 0. The molecule has 1 amide bonds. The monoisotopic (exact) mass is 285 g/mol. The number of aliphatic carboxylic acids is 1. The molecule has 0 aromatic rings. The lowest BCUT2D eigenvalue weighted by molar-refractivity contribution is -0.142. The van der Waals surface area contributed by atoms with Crippen LogP contribution in [0.4, 0.5) is 0 Å². The van der Waals surface area contributed by atoms with Gasteiger partial charge in [0.1, 0.15) is 6.04 Å². The number of carboxylic acids is 1. The van der Waals surface area contributed by atoms with E-state index in [1.165, 1.54) is 0 Å². The number of carbonyl (C=O) groups is 2. The van der Waals surface area contributed by atoms with E-state index in [0.717, 1.165) is 19.4 Å². The van der Waals surface area contributed by atoms with E-state index < -0.39 is 12.0 Å². The Morgan fingerprint density at radius 3 is 2.95 bits per heavy atom. The van der Waals surface area contributed by atoms with Gasteiger partial charge in [0, 0.05) is 13.0 Å². The molecule has 0 bridgehead atoms. The quantitative estimate of drug-likeness (QED) is 0.464. The Balaban J connectivity index is 2.13. The van der Waals surface area contributed by atoms with Gasteiger partial charge in [0.05, 0.1) is 19.3 Å². The minimum atomic E-state index is -1.03. The molecular formula is C14H23NO5. The van der Waals surface area contributed by atoms with Crippen LogP contribution in [0.1, 0.15) is 32.1 Å². The van der Waals surface area contributed by atoms with Crippen LogP contribution >= 0.6 is 0 Å². The standard InChI is InChI=1S/C14H23NO5/c1-2-3-6-12(14(17)18)15-13(16)7-9-19-10-11-5-4-8-20-11/h2,11-12H,1,3-10H2,(H,15,16)(H,17,18). The fourth-order valence-corrected chi connectivity index (χ4v) is 1.96. The van der Waals surface area contributed by atoms with E-state index in [4.69, 9.17) is 14.6 Å². The summed E-state index contributed by atoms with van der Waals surface area (Å²) in [5, 5.41) is 11.4. The van der Waals surface area contributed by atoms with E-state index in [-0.39, 0.29) is 25.0 Å². The Bertz CT molecular complexity index is 326. The van der Waals surface area contributed by atoms with Gasteiger partial charge in [0.15, 0.2) is 0 Å². The molecule has 0 radical (unpaired) electrons. The largest absolute Gasteiger partial charge is 0.480 e. The molecule has 1 saturated heterocycles. The minimum absolute atomic E-state index is 0.137. The number of hydrogen-bond acceptors (Lipinski definition) is 4. The van der Waals surface area contributed by atoms with Crippen LogP contribution in [0.25, 0.3) is 0 Å². The van der Waals surface area contributed by atoms with Gasteiger partial charge in [-0.05, 0) is 25.7 Å². The summed E-state index contributed by atoms with van der Waals surface area (Å²) < 4.78 is 10.7. The number of hydrogen-bond donors (Lipinski definition) is 2. The summed E-state index contributed by atoms with van der Waals surface area (Å²) in [7, 11) is 0. The van der Waals surface area contributed by atoms with Crippen LogP contribution in [0, 0.1) is 0 Å². The molecule has 1 fully saturated rings. The first-order valence-corrected chi connectivity index (χ1v) is 6.96. The number of rotatable bonds is 10. The second-order valence-corrected chi connectivity index (χ2v) is 4.78. The highest BCUT2D eigenvalue weighted by atomic mass is 16.5. The predicted molar refractivity (Wildman–Crippen MR) is 73.4 cm³/mol. The Hall–Kier alpha value is -1.40. The van der Waals surface area contributed by atoms with Gasteiger partial charge >= 0.3 is 5.97 Å². The molecule has 0 aromatic carbocycles. The van der Waals surface area contributed by atoms with Crippen LogP contribution in [-0.2, 0) is 19.1 Å². The third kappa shape index (κ3) is 6.68. The van der Waals surface area contributed by atoms with Gasteiger partial charge in [-0.3, -0.25) is 4.79 Å². The van der Waals surface area contributed by atoms with Crippen molar-refractivity contribution in [2.75, 3.05) is 19.8 Å². The van der Waals surface area contributed by atoms with E-state index in [1.807, 2.05) is 0 Å². The van der Waals surface area contributed by atoms with E-state index in [1.54, 1.807) is 6.08 Å². The summed E-state index contributed by atoms with van der Waals surface area (Å²) in [5.74, 6) is -1.34. The normalized spacial score (nSPS) is 19.5. The Kier molecular flexibility index (Phi) is 7.91. The maximum Gasteiger partial charge on any atom is 0.326 e. The van der Waals surface area contributed by atoms with E-state index in [9.17, 15) is 9.59 Å². The van der Waals surface area contributed by atoms with Crippen molar-refractivity contribution in [3.05, 3.63) is 12.7 Å². The van der Waals surface area contributed by atoms with Crippen LogP contribution < -0.4 is 5.32 Å². The molecule has 1 heterocycles. The third-order valence-electron chi connectivity index (χ3n) is 3.09. The number of nitrogens with one attached hydrogen (secondary N) is 1. The van der Waals surface area contributed by atoms with Gasteiger partial charge in [-0.1, -0.05) is 6.08 Å². The molecule has 0 saturated carbocycles. The molecule has 0 aromatic heterocycles. The molecule has 2 atom stereocenters. The lowest BCUT2D eigenvalue weighted by Crippen LogP contribution is -2.41. The lowest BCUT2D eigenvalue weighted by Gasteiger charge is -2.14. The molecule has 0 spiro atoms. The van der Waals surface area contributed by atoms with Gasteiger partial charge in [-0.2, -0.15) is 0 Å². The number of carbonyl (C=O) groups excluding carboxylic acids is 1. The van der Waals surface area contributed by atoms with E-state index in [2.05, 4.69) is 11.9 Å². The molecule has 2 N–H and O–H groups in total. The average Bonchev–Trinajstić information content (AvgIpc) is 2.92. The van der Waals surface area contributed by atoms with Crippen LogP contribution in [0.5, 0.6) is 0 Å². The number of allylic oxidation sites excluding steroid dienone is 1. The summed E-state index contributed by atoms with van der Waals surface area (Å²) in [5.41, 5.74) is 0. The number of carboxylic acid groups (broad SMARTS) is 1. The molecular weight excluding hydrogens is 262 g/mol. The second kappa shape index (κ2) is 9.50. The van der Waals surface area contributed by atoms with Gasteiger partial charge < -0.3 is 19.9 Å². The zero-order valence-electron chi connectivity index (χ0n) is 11.7. The minimum Gasteiger partial charge on any atom is -0.480 e. The molecule has 1 aliphatic heterocycles. The SMILES string of the molecule is C=CCCC(NC(=O)CCOCC1CCCO1)C(=O)O. The van der Waals surface area contributed by atoms with E-state index >= 15 is 0 Å². The second-order valence-electron chi connectivity index (χ2n) is 4.78. The summed E-state index contributed by atoms with van der Waals surface area (Å²) in [6.07, 6.45) is 4.87. The van der Waals surface area contributed by atoms with Gasteiger partial charge in [0.25, 0.3) is 0 Å². The summed E-state index contributed by atoms with van der Waals surface area (Å²) in [4.78, 5) is 22.6.